The van der Waals surface area contributed by atoms with Gasteiger partial charge in [0.15, 0.2) is 0 Å². The molecule has 1 aliphatic rings. The summed E-state index contributed by atoms with van der Waals surface area (Å²) < 4.78 is 23.9. The zero-order valence-corrected chi connectivity index (χ0v) is 12.8. The molecule has 108 valence electrons. The molecular formula is C14H18N2O2S2. The van der Waals surface area contributed by atoms with Gasteiger partial charge in [-0.15, -0.1) is 11.3 Å². The topological polar surface area (TPSA) is 59.1 Å². The first-order valence-electron chi connectivity index (χ1n) is 6.91. The van der Waals surface area contributed by atoms with E-state index in [1.54, 1.807) is 11.3 Å². The number of fused-ring (bicyclic) bond motifs is 1. The molecule has 1 N–H and O–H groups in total. The SMILES string of the molecule is O=S1(=O)CCC(NCCc2nc3ccccc3s2)CC1. The fourth-order valence-electron chi connectivity index (χ4n) is 2.50. The molecule has 6 heteroatoms. The molecule has 1 aliphatic heterocycles. The van der Waals surface area contributed by atoms with Gasteiger partial charge in [0, 0.05) is 19.0 Å². The smallest absolute Gasteiger partial charge is 0.150 e. The van der Waals surface area contributed by atoms with E-state index in [1.807, 2.05) is 18.2 Å². The fourth-order valence-corrected chi connectivity index (χ4v) is 4.96. The van der Waals surface area contributed by atoms with Gasteiger partial charge in [-0.05, 0) is 25.0 Å². The summed E-state index contributed by atoms with van der Waals surface area (Å²) in [6.45, 7) is 0.866. The zero-order chi connectivity index (χ0) is 14.0. The lowest BCUT2D eigenvalue weighted by molar-refractivity contribution is 0.466. The van der Waals surface area contributed by atoms with E-state index in [2.05, 4.69) is 16.4 Å². The normalized spacial score (nSPS) is 19.4. The van der Waals surface area contributed by atoms with Gasteiger partial charge in [0.25, 0.3) is 0 Å². The van der Waals surface area contributed by atoms with Gasteiger partial charge in [-0.3, -0.25) is 0 Å². The van der Waals surface area contributed by atoms with Gasteiger partial charge in [0.2, 0.25) is 0 Å². The van der Waals surface area contributed by atoms with Crippen LogP contribution in [0.5, 0.6) is 0 Å². The summed E-state index contributed by atoms with van der Waals surface area (Å²) >= 11 is 1.74. The number of nitrogens with zero attached hydrogens (tertiary/aromatic N) is 1. The van der Waals surface area contributed by atoms with Crippen molar-refractivity contribution < 1.29 is 8.42 Å². The summed E-state index contributed by atoms with van der Waals surface area (Å²) in [5.74, 6) is 0.650. The Hall–Kier alpha value is -0.980. The molecular weight excluding hydrogens is 292 g/mol. The molecule has 0 amide bonds. The molecule has 20 heavy (non-hydrogen) atoms. The van der Waals surface area contributed by atoms with E-state index in [4.69, 9.17) is 0 Å². The number of thiazole rings is 1. The number of benzene rings is 1. The van der Waals surface area contributed by atoms with Crippen LogP contribution in [0.2, 0.25) is 0 Å². The van der Waals surface area contributed by atoms with E-state index >= 15 is 0 Å². The second kappa shape index (κ2) is 5.79. The summed E-state index contributed by atoms with van der Waals surface area (Å²) in [6.07, 6.45) is 2.38. The van der Waals surface area contributed by atoms with Crippen LogP contribution in [0.4, 0.5) is 0 Å². The van der Waals surface area contributed by atoms with Gasteiger partial charge in [0.05, 0.1) is 26.7 Å². The molecule has 0 saturated carbocycles. The fraction of sp³-hybridized carbons (Fsp3) is 0.500. The van der Waals surface area contributed by atoms with E-state index in [0.717, 1.165) is 36.3 Å². The van der Waals surface area contributed by atoms with Gasteiger partial charge in [-0.25, -0.2) is 13.4 Å². The first-order chi connectivity index (χ1) is 9.62. The van der Waals surface area contributed by atoms with Crippen molar-refractivity contribution in [1.29, 1.82) is 0 Å². The maximum absolute atomic E-state index is 11.4. The van der Waals surface area contributed by atoms with E-state index in [1.165, 1.54) is 4.70 Å². The molecule has 0 atom stereocenters. The number of rotatable bonds is 4. The lowest BCUT2D eigenvalue weighted by Gasteiger charge is -2.22. The lowest BCUT2D eigenvalue weighted by Crippen LogP contribution is -2.38. The zero-order valence-electron chi connectivity index (χ0n) is 11.2. The molecule has 0 bridgehead atoms. The predicted octanol–water partition coefficient (Wildman–Crippen LogP) is 2.01. The molecule has 4 nitrogen and oxygen atoms in total. The number of para-hydroxylation sites is 1. The summed E-state index contributed by atoms with van der Waals surface area (Å²) in [6, 6.07) is 8.51. The van der Waals surface area contributed by atoms with Crippen LogP contribution in [0, 0.1) is 0 Å². The first kappa shape index (κ1) is 14.0. The number of hydrogen-bond donors (Lipinski definition) is 1. The Morgan fingerprint density at radius 1 is 1.25 bits per heavy atom. The highest BCUT2D eigenvalue weighted by Crippen LogP contribution is 2.21. The van der Waals surface area contributed by atoms with Gasteiger partial charge in [-0.1, -0.05) is 12.1 Å². The number of sulfone groups is 1. The number of aromatic nitrogens is 1. The third-order valence-corrected chi connectivity index (χ3v) is 6.48. The van der Waals surface area contributed by atoms with Crippen LogP contribution in [0.25, 0.3) is 10.2 Å². The van der Waals surface area contributed by atoms with Crippen molar-refractivity contribution in [3.63, 3.8) is 0 Å². The number of nitrogens with one attached hydrogen (secondary N) is 1. The molecule has 2 aromatic rings. The molecule has 0 unspecified atom stereocenters. The highest BCUT2D eigenvalue weighted by atomic mass is 32.2. The third-order valence-electron chi connectivity index (χ3n) is 3.66. The minimum atomic E-state index is -2.76. The molecule has 0 spiro atoms. The van der Waals surface area contributed by atoms with Gasteiger partial charge in [0.1, 0.15) is 9.84 Å². The van der Waals surface area contributed by atoms with E-state index < -0.39 is 9.84 Å². The van der Waals surface area contributed by atoms with Crippen molar-refractivity contribution in [2.45, 2.75) is 25.3 Å². The summed E-state index contributed by atoms with van der Waals surface area (Å²) in [4.78, 5) is 4.60. The highest BCUT2D eigenvalue weighted by molar-refractivity contribution is 7.91. The Balaban J connectivity index is 1.50. The average Bonchev–Trinajstić information content (AvgIpc) is 2.83. The molecule has 3 rings (SSSR count). The minimum absolute atomic E-state index is 0.325. The van der Waals surface area contributed by atoms with E-state index in [9.17, 15) is 8.42 Å². The molecule has 1 fully saturated rings. The Labute approximate surface area is 123 Å². The van der Waals surface area contributed by atoms with Crippen LogP contribution in [-0.2, 0) is 16.3 Å². The second-order valence-corrected chi connectivity index (χ2v) is 8.62. The first-order valence-corrected chi connectivity index (χ1v) is 9.54. The Morgan fingerprint density at radius 2 is 2.00 bits per heavy atom. The highest BCUT2D eigenvalue weighted by Gasteiger charge is 2.22. The molecule has 0 radical (unpaired) electrons. The van der Waals surface area contributed by atoms with Crippen LogP contribution in [0.1, 0.15) is 17.8 Å². The summed E-state index contributed by atoms with van der Waals surface area (Å²) in [5, 5.41) is 4.60. The van der Waals surface area contributed by atoms with Crippen LogP contribution in [0.15, 0.2) is 24.3 Å². The summed E-state index contributed by atoms with van der Waals surface area (Å²) in [7, 11) is -2.76. The molecule has 1 aromatic carbocycles. The van der Waals surface area contributed by atoms with Crippen molar-refractivity contribution in [3.8, 4) is 0 Å². The van der Waals surface area contributed by atoms with E-state index in [-0.39, 0.29) is 0 Å². The lowest BCUT2D eigenvalue weighted by atomic mass is 10.1. The minimum Gasteiger partial charge on any atom is -0.313 e. The largest absolute Gasteiger partial charge is 0.313 e. The van der Waals surface area contributed by atoms with Crippen molar-refractivity contribution in [1.82, 2.24) is 10.3 Å². The van der Waals surface area contributed by atoms with Crippen molar-refractivity contribution in [2.24, 2.45) is 0 Å². The Morgan fingerprint density at radius 3 is 2.75 bits per heavy atom. The standard InChI is InChI=1S/C14H18N2O2S2/c17-20(18)9-6-11(7-10-20)15-8-5-14-16-12-3-1-2-4-13(12)19-14/h1-4,11,15H,5-10H2. The monoisotopic (exact) mass is 310 g/mol. The molecule has 2 heterocycles. The van der Waals surface area contributed by atoms with Gasteiger partial charge >= 0.3 is 0 Å². The molecule has 0 aliphatic carbocycles. The predicted molar refractivity (Wildman–Crippen MR) is 83.0 cm³/mol. The molecule has 1 aromatic heterocycles. The number of hydrogen-bond acceptors (Lipinski definition) is 5. The summed E-state index contributed by atoms with van der Waals surface area (Å²) in [5.41, 5.74) is 1.07. The van der Waals surface area contributed by atoms with Gasteiger partial charge in [-0.2, -0.15) is 0 Å². The quantitative estimate of drug-likeness (QED) is 0.938. The van der Waals surface area contributed by atoms with Crippen molar-refractivity contribution in [2.75, 3.05) is 18.1 Å². The van der Waals surface area contributed by atoms with Crippen LogP contribution >= 0.6 is 11.3 Å². The van der Waals surface area contributed by atoms with Crippen LogP contribution < -0.4 is 5.32 Å². The maximum Gasteiger partial charge on any atom is 0.150 e. The maximum atomic E-state index is 11.4. The third kappa shape index (κ3) is 3.37. The van der Waals surface area contributed by atoms with Crippen molar-refractivity contribution in [3.05, 3.63) is 29.3 Å². The second-order valence-electron chi connectivity index (χ2n) is 5.21. The molecule has 1 saturated heterocycles. The van der Waals surface area contributed by atoms with Crippen LogP contribution in [-0.4, -0.2) is 37.5 Å². The van der Waals surface area contributed by atoms with E-state index in [0.29, 0.717) is 17.5 Å². The average molecular weight is 310 g/mol. The Bertz CT molecular complexity index is 647. The Kier molecular flexibility index (Phi) is 4.05. The van der Waals surface area contributed by atoms with Crippen molar-refractivity contribution >= 4 is 31.4 Å². The van der Waals surface area contributed by atoms with Gasteiger partial charge < -0.3 is 5.32 Å². The van der Waals surface area contributed by atoms with Crippen LogP contribution in [0.3, 0.4) is 0 Å².